The van der Waals surface area contributed by atoms with E-state index in [9.17, 15) is 14.5 Å². The van der Waals surface area contributed by atoms with Crippen LogP contribution in [-0.4, -0.2) is 69.6 Å². The third-order valence-corrected chi connectivity index (χ3v) is 3.04. The standard InChI is InChI=1S/C16H23N3O6/c20-8-12-25-10-6-18-16(22)14-4-2-1-3-13(14)15(21)17-5-9-24-11-7-19-23/h1-4,20H,5-12H2,(H,17,21)(H,18,22). The average molecular weight is 353 g/mol. The summed E-state index contributed by atoms with van der Waals surface area (Å²) in [6, 6.07) is 6.46. The average Bonchev–Trinajstić information content (AvgIpc) is 2.64. The van der Waals surface area contributed by atoms with E-state index in [0.717, 1.165) is 0 Å². The lowest BCUT2D eigenvalue weighted by Crippen LogP contribution is -2.32. The summed E-state index contributed by atoms with van der Waals surface area (Å²) in [6.45, 7) is 1.45. The highest BCUT2D eigenvalue weighted by atomic mass is 16.5. The number of nitrogens with one attached hydrogen (secondary N) is 2. The first kappa shape index (κ1) is 20.7. The minimum atomic E-state index is -0.389. The molecule has 0 bridgehead atoms. The summed E-state index contributed by atoms with van der Waals surface area (Å²) in [5.74, 6) is -0.772. The molecule has 3 N–H and O–H groups in total. The molecule has 25 heavy (non-hydrogen) atoms. The van der Waals surface area contributed by atoms with E-state index < -0.39 is 0 Å². The van der Waals surface area contributed by atoms with Gasteiger partial charge in [-0.2, -0.15) is 4.91 Å². The second-order valence-electron chi connectivity index (χ2n) is 4.86. The second-order valence-corrected chi connectivity index (χ2v) is 4.86. The Morgan fingerprint density at radius 1 is 0.920 bits per heavy atom. The van der Waals surface area contributed by atoms with Gasteiger partial charge < -0.3 is 25.2 Å². The Labute approximate surface area is 145 Å². The lowest BCUT2D eigenvalue weighted by molar-refractivity contribution is 0.0831. The van der Waals surface area contributed by atoms with E-state index in [1.54, 1.807) is 24.3 Å². The SMILES string of the molecule is O=NCCOCCNC(=O)c1ccccc1C(=O)NCCOCCO. The fraction of sp³-hybridized carbons (Fsp3) is 0.500. The van der Waals surface area contributed by atoms with Crippen LogP contribution in [-0.2, 0) is 9.47 Å². The Kier molecular flexibility index (Phi) is 10.7. The highest BCUT2D eigenvalue weighted by molar-refractivity contribution is 6.07. The van der Waals surface area contributed by atoms with Gasteiger partial charge in [0.25, 0.3) is 11.8 Å². The number of amides is 2. The van der Waals surface area contributed by atoms with Gasteiger partial charge >= 0.3 is 0 Å². The summed E-state index contributed by atoms with van der Waals surface area (Å²) >= 11 is 0. The zero-order chi connectivity index (χ0) is 18.3. The molecule has 0 unspecified atom stereocenters. The molecule has 1 aromatic carbocycles. The molecule has 0 saturated heterocycles. The molecule has 1 aromatic rings. The van der Waals surface area contributed by atoms with Gasteiger partial charge in [-0.1, -0.05) is 17.3 Å². The van der Waals surface area contributed by atoms with E-state index >= 15 is 0 Å². The largest absolute Gasteiger partial charge is 0.394 e. The highest BCUT2D eigenvalue weighted by Crippen LogP contribution is 2.08. The smallest absolute Gasteiger partial charge is 0.252 e. The highest BCUT2D eigenvalue weighted by Gasteiger charge is 2.15. The Hall–Kier alpha value is -2.36. The number of hydrogen-bond donors (Lipinski definition) is 3. The van der Waals surface area contributed by atoms with E-state index in [1.165, 1.54) is 0 Å². The van der Waals surface area contributed by atoms with Crippen molar-refractivity contribution in [1.29, 1.82) is 0 Å². The van der Waals surface area contributed by atoms with Gasteiger partial charge in [-0.3, -0.25) is 9.59 Å². The number of hydrogen-bond acceptors (Lipinski definition) is 7. The number of benzene rings is 1. The van der Waals surface area contributed by atoms with Gasteiger partial charge in [0.1, 0.15) is 6.54 Å². The summed E-state index contributed by atoms with van der Waals surface area (Å²) in [5, 5.41) is 16.6. The van der Waals surface area contributed by atoms with Crippen LogP contribution in [0.15, 0.2) is 29.4 Å². The van der Waals surface area contributed by atoms with Crippen LogP contribution < -0.4 is 10.6 Å². The first-order chi connectivity index (χ1) is 12.2. The molecule has 0 fully saturated rings. The minimum Gasteiger partial charge on any atom is -0.394 e. The molecule has 0 spiro atoms. The van der Waals surface area contributed by atoms with Gasteiger partial charge in [0.15, 0.2) is 0 Å². The molecule has 0 saturated carbocycles. The lowest BCUT2D eigenvalue weighted by atomic mass is 10.1. The Bertz CT molecular complexity index is 552. The summed E-state index contributed by atoms with van der Waals surface area (Å²) < 4.78 is 10.2. The predicted octanol–water partition coefficient (Wildman–Crippen LogP) is -0.0619. The molecule has 0 aliphatic rings. The fourth-order valence-corrected chi connectivity index (χ4v) is 1.91. The van der Waals surface area contributed by atoms with Crippen LogP contribution in [0, 0.1) is 4.91 Å². The molecule has 1 rings (SSSR count). The molecule has 9 nitrogen and oxygen atoms in total. The molecule has 0 aromatic heterocycles. The molecule has 0 aliphatic heterocycles. The molecule has 0 atom stereocenters. The van der Waals surface area contributed by atoms with E-state index in [2.05, 4.69) is 15.8 Å². The van der Waals surface area contributed by atoms with Crippen molar-refractivity contribution >= 4 is 11.8 Å². The van der Waals surface area contributed by atoms with Crippen LogP contribution in [0.5, 0.6) is 0 Å². The van der Waals surface area contributed by atoms with Gasteiger partial charge in [-0.15, -0.1) is 0 Å². The number of carbonyl (C=O) groups excluding carboxylic acids is 2. The second kappa shape index (κ2) is 13.0. The molecule has 2 amide bonds. The molecule has 0 aliphatic carbocycles. The maximum absolute atomic E-state index is 12.2. The molecule has 138 valence electrons. The lowest BCUT2D eigenvalue weighted by Gasteiger charge is -2.11. The van der Waals surface area contributed by atoms with E-state index in [-0.39, 0.29) is 75.6 Å². The quantitative estimate of drug-likeness (QED) is 0.337. The van der Waals surface area contributed by atoms with Crippen molar-refractivity contribution in [2.45, 2.75) is 0 Å². The maximum Gasteiger partial charge on any atom is 0.252 e. The van der Waals surface area contributed by atoms with Crippen molar-refractivity contribution < 1.29 is 24.2 Å². The minimum absolute atomic E-state index is 0.0684. The van der Waals surface area contributed by atoms with Crippen LogP contribution >= 0.6 is 0 Å². The number of aliphatic hydroxyl groups excluding tert-OH is 1. The van der Waals surface area contributed by atoms with Crippen molar-refractivity contribution in [3.63, 3.8) is 0 Å². The van der Waals surface area contributed by atoms with Gasteiger partial charge in [-0.05, 0) is 12.1 Å². The van der Waals surface area contributed by atoms with Crippen molar-refractivity contribution in [2.75, 3.05) is 52.7 Å². The summed E-state index contributed by atoms with van der Waals surface area (Å²) in [7, 11) is 0. The number of nitroso groups, excluding NO2 is 1. The fourth-order valence-electron chi connectivity index (χ4n) is 1.91. The maximum atomic E-state index is 12.2. The molecule has 9 heteroatoms. The van der Waals surface area contributed by atoms with Crippen LogP contribution in [0.2, 0.25) is 0 Å². The Balaban J connectivity index is 2.47. The number of aliphatic hydroxyl groups is 1. The molecular weight excluding hydrogens is 330 g/mol. The van der Waals surface area contributed by atoms with Crippen molar-refractivity contribution in [2.24, 2.45) is 5.18 Å². The van der Waals surface area contributed by atoms with Gasteiger partial charge in [0.05, 0.1) is 44.2 Å². The number of ether oxygens (including phenoxy) is 2. The van der Waals surface area contributed by atoms with Gasteiger partial charge in [-0.25, -0.2) is 0 Å². The normalized spacial score (nSPS) is 10.3. The predicted molar refractivity (Wildman–Crippen MR) is 90.5 cm³/mol. The first-order valence-electron chi connectivity index (χ1n) is 7.91. The molecule has 0 heterocycles. The number of nitrogens with zero attached hydrogens (tertiary/aromatic N) is 1. The van der Waals surface area contributed by atoms with Crippen LogP contribution in [0.1, 0.15) is 20.7 Å². The Morgan fingerprint density at radius 3 is 1.92 bits per heavy atom. The molecular formula is C16H23N3O6. The first-order valence-corrected chi connectivity index (χ1v) is 7.91. The number of rotatable bonds is 13. The zero-order valence-corrected chi connectivity index (χ0v) is 13.9. The van der Waals surface area contributed by atoms with E-state index in [0.29, 0.717) is 0 Å². The third kappa shape index (κ3) is 8.34. The monoisotopic (exact) mass is 353 g/mol. The summed E-state index contributed by atoms with van der Waals surface area (Å²) in [4.78, 5) is 34.3. The topological polar surface area (TPSA) is 126 Å². The van der Waals surface area contributed by atoms with E-state index in [1.807, 2.05) is 0 Å². The van der Waals surface area contributed by atoms with E-state index in [4.69, 9.17) is 14.6 Å². The summed E-state index contributed by atoms with van der Waals surface area (Å²) in [6.07, 6.45) is 0. The molecule has 0 radical (unpaired) electrons. The van der Waals surface area contributed by atoms with Crippen LogP contribution in [0.4, 0.5) is 0 Å². The van der Waals surface area contributed by atoms with Crippen LogP contribution in [0.3, 0.4) is 0 Å². The Morgan fingerprint density at radius 2 is 1.44 bits per heavy atom. The van der Waals surface area contributed by atoms with Gasteiger partial charge in [0, 0.05) is 13.1 Å². The third-order valence-electron chi connectivity index (χ3n) is 3.04. The number of carbonyl (C=O) groups is 2. The summed E-state index contributed by atoms with van der Waals surface area (Å²) in [5.41, 5.74) is 0.513. The van der Waals surface area contributed by atoms with Crippen molar-refractivity contribution in [3.05, 3.63) is 40.3 Å². The zero-order valence-electron chi connectivity index (χ0n) is 13.9. The van der Waals surface area contributed by atoms with Gasteiger partial charge in [0.2, 0.25) is 0 Å². The van der Waals surface area contributed by atoms with Crippen LogP contribution in [0.25, 0.3) is 0 Å². The van der Waals surface area contributed by atoms with Crippen molar-refractivity contribution in [1.82, 2.24) is 10.6 Å². The van der Waals surface area contributed by atoms with Crippen molar-refractivity contribution in [3.8, 4) is 0 Å².